The summed E-state index contributed by atoms with van der Waals surface area (Å²) in [6, 6.07) is 5.02. The summed E-state index contributed by atoms with van der Waals surface area (Å²) in [5.74, 6) is -1.84. The number of nitrogens with zero attached hydrogens (tertiary/aromatic N) is 1. The molecule has 0 bridgehead atoms. The zero-order valence-electron chi connectivity index (χ0n) is 18.3. The minimum Gasteiger partial charge on any atom is -0.511 e. The van der Waals surface area contributed by atoms with Crippen molar-refractivity contribution in [2.24, 2.45) is 0 Å². The number of carbonyl (C=O) groups is 2. The number of ether oxygens (including phenoxy) is 1. The molecule has 0 saturated heterocycles. The van der Waals surface area contributed by atoms with Crippen LogP contribution in [0.3, 0.4) is 0 Å². The molecule has 0 fully saturated rings. The number of benzene rings is 1. The van der Waals surface area contributed by atoms with Gasteiger partial charge in [-0.3, -0.25) is 9.59 Å². The van der Waals surface area contributed by atoms with Crippen LogP contribution in [0.25, 0.3) is 11.0 Å². The SMILES string of the molecule is CCNS(=O)(=O)c1ccc(OCCCC(=O)O)c2oc(C(C)NC(=O)C(C#N)=C(C)O)cc12. The average Bonchev–Trinajstić information content (AvgIpc) is 3.16. The first-order valence-electron chi connectivity index (χ1n) is 10.0. The Labute approximate surface area is 190 Å². The lowest BCUT2D eigenvalue weighted by Crippen LogP contribution is -2.28. The number of rotatable bonds is 11. The van der Waals surface area contributed by atoms with Gasteiger partial charge in [-0.15, -0.1) is 0 Å². The van der Waals surface area contributed by atoms with Gasteiger partial charge in [0.25, 0.3) is 5.91 Å². The fourth-order valence-corrected chi connectivity index (χ4v) is 4.19. The number of allylic oxidation sites excluding steroid dienone is 1. The van der Waals surface area contributed by atoms with Crippen LogP contribution in [0.15, 0.2) is 38.8 Å². The molecule has 12 heteroatoms. The molecule has 4 N–H and O–H groups in total. The molecule has 0 aliphatic rings. The van der Waals surface area contributed by atoms with Gasteiger partial charge >= 0.3 is 5.97 Å². The second-order valence-electron chi connectivity index (χ2n) is 7.07. The molecule has 1 aromatic carbocycles. The van der Waals surface area contributed by atoms with Crippen molar-refractivity contribution in [3.8, 4) is 11.8 Å². The standard InChI is InChI=1S/C21H25N3O8S/c1-4-23-33(29,30)18-8-7-16(31-9-5-6-19(26)27)20-14(18)10-17(32-20)12(2)24-21(28)15(11-22)13(3)25/h7-8,10,12,23,25H,4-6,9H2,1-3H3,(H,24,28)(H,26,27). The summed E-state index contributed by atoms with van der Waals surface area (Å²) in [4.78, 5) is 22.9. The first kappa shape index (κ1) is 25.7. The fourth-order valence-electron chi connectivity index (χ4n) is 2.96. The zero-order valence-corrected chi connectivity index (χ0v) is 19.2. The van der Waals surface area contributed by atoms with Gasteiger partial charge in [0.1, 0.15) is 17.6 Å². The van der Waals surface area contributed by atoms with E-state index in [4.69, 9.17) is 19.5 Å². The maximum absolute atomic E-state index is 12.7. The Hall–Kier alpha value is -3.56. The van der Waals surface area contributed by atoms with Crippen LogP contribution < -0.4 is 14.8 Å². The van der Waals surface area contributed by atoms with E-state index in [-0.39, 0.29) is 53.4 Å². The van der Waals surface area contributed by atoms with E-state index in [0.29, 0.717) is 0 Å². The highest BCUT2D eigenvalue weighted by molar-refractivity contribution is 7.89. The summed E-state index contributed by atoms with van der Waals surface area (Å²) < 4.78 is 39.1. The summed E-state index contributed by atoms with van der Waals surface area (Å²) in [6.45, 7) is 4.63. The Kier molecular flexibility index (Phi) is 8.44. The third-order valence-electron chi connectivity index (χ3n) is 4.52. The van der Waals surface area contributed by atoms with Crippen LogP contribution in [0.4, 0.5) is 0 Å². The van der Waals surface area contributed by atoms with Gasteiger partial charge in [0.05, 0.1) is 17.5 Å². The molecule has 33 heavy (non-hydrogen) atoms. The van der Waals surface area contributed by atoms with E-state index in [9.17, 15) is 23.1 Å². The van der Waals surface area contributed by atoms with Crippen LogP contribution in [-0.2, 0) is 19.6 Å². The molecule has 1 aromatic heterocycles. The average molecular weight is 480 g/mol. The van der Waals surface area contributed by atoms with Crippen molar-refractivity contribution in [2.75, 3.05) is 13.2 Å². The number of carboxylic acid groups (broad SMARTS) is 1. The van der Waals surface area contributed by atoms with Crippen molar-refractivity contribution in [1.29, 1.82) is 5.26 Å². The molecule has 1 atom stereocenters. The molecule has 0 radical (unpaired) electrons. The number of hydrogen-bond acceptors (Lipinski definition) is 8. The van der Waals surface area contributed by atoms with Gasteiger partial charge in [-0.2, -0.15) is 5.26 Å². The molecule has 0 spiro atoms. The number of nitriles is 1. The molecule has 0 aliphatic heterocycles. The molecule has 0 saturated carbocycles. The Morgan fingerprint density at radius 3 is 2.58 bits per heavy atom. The second-order valence-corrected chi connectivity index (χ2v) is 8.80. The van der Waals surface area contributed by atoms with E-state index in [1.54, 1.807) is 19.9 Å². The third kappa shape index (κ3) is 6.24. The van der Waals surface area contributed by atoms with Crippen molar-refractivity contribution in [2.45, 2.75) is 44.6 Å². The van der Waals surface area contributed by atoms with Gasteiger partial charge in [-0.1, -0.05) is 6.92 Å². The van der Waals surface area contributed by atoms with Crippen LogP contribution in [0.2, 0.25) is 0 Å². The van der Waals surface area contributed by atoms with Gasteiger partial charge in [0.2, 0.25) is 10.0 Å². The van der Waals surface area contributed by atoms with Crippen molar-refractivity contribution < 1.29 is 37.4 Å². The van der Waals surface area contributed by atoms with Crippen LogP contribution in [0, 0.1) is 11.3 Å². The second kappa shape index (κ2) is 10.8. The Morgan fingerprint density at radius 1 is 1.30 bits per heavy atom. The molecule has 2 rings (SSSR count). The molecule has 11 nitrogen and oxygen atoms in total. The molecule has 178 valence electrons. The van der Waals surface area contributed by atoms with Gasteiger partial charge in [-0.05, 0) is 38.5 Å². The lowest BCUT2D eigenvalue weighted by atomic mass is 10.2. The van der Waals surface area contributed by atoms with Gasteiger partial charge in [-0.25, -0.2) is 13.1 Å². The lowest BCUT2D eigenvalue weighted by Gasteiger charge is -2.11. The Morgan fingerprint density at radius 2 is 2.00 bits per heavy atom. The Bertz CT molecular complexity index is 1220. The lowest BCUT2D eigenvalue weighted by molar-refractivity contribution is -0.137. The van der Waals surface area contributed by atoms with Crippen LogP contribution in [-0.4, -0.2) is 43.7 Å². The molecule has 0 aliphatic carbocycles. The van der Waals surface area contributed by atoms with E-state index in [1.165, 1.54) is 25.1 Å². The van der Waals surface area contributed by atoms with E-state index >= 15 is 0 Å². The first-order valence-corrected chi connectivity index (χ1v) is 11.5. The molecule has 1 unspecified atom stereocenters. The molecular formula is C21H25N3O8S. The number of amides is 1. The van der Waals surface area contributed by atoms with E-state index in [2.05, 4.69) is 10.0 Å². The smallest absolute Gasteiger partial charge is 0.303 e. The topological polar surface area (TPSA) is 179 Å². The number of hydrogen-bond donors (Lipinski definition) is 4. The normalized spacial score (nSPS) is 13.2. The number of aliphatic hydroxyl groups excluding tert-OH is 1. The largest absolute Gasteiger partial charge is 0.511 e. The van der Waals surface area contributed by atoms with Crippen LogP contribution in [0.5, 0.6) is 5.75 Å². The third-order valence-corrected chi connectivity index (χ3v) is 6.12. The zero-order chi connectivity index (χ0) is 24.8. The molecule has 1 amide bonds. The first-order chi connectivity index (χ1) is 15.5. The summed E-state index contributed by atoms with van der Waals surface area (Å²) >= 11 is 0. The minimum atomic E-state index is -3.87. The summed E-state index contributed by atoms with van der Waals surface area (Å²) in [6.07, 6.45) is 0.138. The number of aliphatic hydroxyl groups is 1. The number of aliphatic carboxylic acids is 1. The quantitative estimate of drug-likeness (QED) is 0.163. The molecular weight excluding hydrogens is 454 g/mol. The number of furan rings is 1. The number of carboxylic acids is 1. The van der Waals surface area contributed by atoms with Crippen molar-refractivity contribution >= 4 is 32.9 Å². The number of sulfonamides is 1. The maximum atomic E-state index is 12.7. The molecule has 1 heterocycles. The highest BCUT2D eigenvalue weighted by Crippen LogP contribution is 2.35. The minimum absolute atomic E-state index is 0.0606. The van der Waals surface area contributed by atoms with E-state index < -0.39 is 39.3 Å². The van der Waals surface area contributed by atoms with Gasteiger partial charge < -0.3 is 24.7 Å². The number of carbonyl (C=O) groups excluding carboxylic acids is 1. The monoisotopic (exact) mass is 479 g/mol. The Balaban J connectivity index is 2.47. The highest BCUT2D eigenvalue weighted by atomic mass is 32.2. The summed E-state index contributed by atoms with van der Waals surface area (Å²) in [5, 5.41) is 30.0. The predicted molar refractivity (Wildman–Crippen MR) is 117 cm³/mol. The predicted octanol–water partition coefficient (Wildman–Crippen LogP) is 2.51. The van der Waals surface area contributed by atoms with Crippen molar-refractivity contribution in [3.05, 3.63) is 35.3 Å². The number of fused-ring (bicyclic) bond motifs is 1. The van der Waals surface area contributed by atoms with E-state index in [1.807, 2.05) is 0 Å². The fraction of sp³-hybridized carbons (Fsp3) is 0.381. The van der Waals surface area contributed by atoms with E-state index in [0.717, 1.165) is 0 Å². The summed E-state index contributed by atoms with van der Waals surface area (Å²) in [5.41, 5.74) is -0.356. The number of nitrogens with one attached hydrogen (secondary N) is 2. The van der Waals surface area contributed by atoms with Gasteiger partial charge in [0, 0.05) is 18.4 Å². The van der Waals surface area contributed by atoms with Crippen molar-refractivity contribution in [3.63, 3.8) is 0 Å². The van der Waals surface area contributed by atoms with Crippen molar-refractivity contribution in [1.82, 2.24) is 10.0 Å². The summed E-state index contributed by atoms with van der Waals surface area (Å²) in [7, 11) is -3.87. The van der Waals surface area contributed by atoms with Crippen LogP contribution in [0.1, 0.15) is 45.4 Å². The van der Waals surface area contributed by atoms with Gasteiger partial charge in [0.15, 0.2) is 16.9 Å². The molecule has 2 aromatic rings. The van der Waals surface area contributed by atoms with Crippen LogP contribution >= 0.6 is 0 Å². The maximum Gasteiger partial charge on any atom is 0.303 e. The highest BCUT2D eigenvalue weighted by Gasteiger charge is 2.25.